The maximum absolute atomic E-state index is 12.6. The van der Waals surface area contributed by atoms with Crippen LogP contribution in [0.1, 0.15) is 22.3 Å². The molecule has 6 nitrogen and oxygen atoms in total. The molecule has 0 bridgehead atoms. The minimum absolute atomic E-state index is 0.0541. The highest BCUT2D eigenvalue weighted by molar-refractivity contribution is 7.94. The number of benzene rings is 2. The third kappa shape index (κ3) is 3.56. The molecule has 26 heavy (non-hydrogen) atoms. The van der Waals surface area contributed by atoms with Crippen molar-refractivity contribution in [2.24, 2.45) is 0 Å². The van der Waals surface area contributed by atoms with E-state index in [1.54, 1.807) is 25.1 Å². The molecule has 1 aliphatic rings. The van der Waals surface area contributed by atoms with E-state index in [1.807, 2.05) is 0 Å². The molecule has 3 rings (SSSR count). The van der Waals surface area contributed by atoms with Crippen LogP contribution >= 0.6 is 23.2 Å². The summed E-state index contributed by atoms with van der Waals surface area (Å²) in [5.74, 6) is -1.33. The molecule has 9 heteroatoms. The molecule has 2 aromatic rings. The number of hydrogen-bond acceptors (Lipinski definition) is 4. The van der Waals surface area contributed by atoms with Crippen LogP contribution in [-0.2, 0) is 14.8 Å². The number of nitrogens with one attached hydrogen (secondary N) is 1. The number of anilines is 2. The summed E-state index contributed by atoms with van der Waals surface area (Å²) in [4.78, 5) is 24.5. The van der Waals surface area contributed by atoms with Gasteiger partial charge in [0.1, 0.15) is 0 Å². The van der Waals surface area contributed by atoms with Crippen LogP contribution in [0.3, 0.4) is 0 Å². The summed E-state index contributed by atoms with van der Waals surface area (Å²) in [6.45, 7) is 1.81. The highest BCUT2D eigenvalue weighted by Gasteiger charge is 2.36. The number of carbonyl (C=O) groups is 2. The Morgan fingerprint density at radius 2 is 1.88 bits per heavy atom. The van der Waals surface area contributed by atoms with Gasteiger partial charge in [-0.25, -0.2) is 12.7 Å². The fourth-order valence-corrected chi connectivity index (χ4v) is 4.43. The quantitative estimate of drug-likeness (QED) is 0.833. The van der Waals surface area contributed by atoms with Gasteiger partial charge in [-0.1, -0.05) is 29.3 Å². The second kappa shape index (κ2) is 6.90. The Labute approximate surface area is 160 Å². The van der Waals surface area contributed by atoms with Crippen LogP contribution in [0.25, 0.3) is 0 Å². The summed E-state index contributed by atoms with van der Waals surface area (Å²) in [6, 6.07) is 9.12. The van der Waals surface area contributed by atoms with Gasteiger partial charge in [0, 0.05) is 17.1 Å². The lowest BCUT2D eigenvalue weighted by atomic mass is 10.1. The van der Waals surface area contributed by atoms with Crippen LogP contribution in [0.15, 0.2) is 36.4 Å². The second-order valence-corrected chi connectivity index (χ2v) is 8.58. The summed E-state index contributed by atoms with van der Waals surface area (Å²) in [5, 5.41) is 3.29. The topological polar surface area (TPSA) is 83.6 Å². The van der Waals surface area contributed by atoms with Crippen molar-refractivity contribution in [2.75, 3.05) is 15.4 Å². The van der Waals surface area contributed by atoms with E-state index in [2.05, 4.69) is 5.32 Å². The van der Waals surface area contributed by atoms with E-state index in [0.717, 1.165) is 5.56 Å². The highest BCUT2D eigenvalue weighted by Crippen LogP contribution is 2.30. The van der Waals surface area contributed by atoms with Crippen molar-refractivity contribution in [2.45, 2.75) is 13.3 Å². The fraction of sp³-hybridized carbons (Fsp3) is 0.176. The number of aryl methyl sites for hydroxylation is 1. The Bertz CT molecular complexity index is 1020. The van der Waals surface area contributed by atoms with Crippen LogP contribution in [0.5, 0.6) is 0 Å². The molecule has 1 aliphatic heterocycles. The SMILES string of the molecule is Cc1ccc(Cl)cc1NC(=O)c1cc(N2C(=O)CCS2(=O)=O)ccc1Cl. The molecule has 2 aromatic carbocycles. The standard InChI is InChI=1S/C17H14Cl2N2O4S/c1-10-2-3-11(18)8-15(10)20-17(23)13-9-12(4-5-14(13)19)21-16(22)6-7-26(21,24)25/h2-5,8-9H,6-7H2,1H3,(H,20,23). The third-order valence-corrected chi connectivity index (χ3v) is 6.21. The van der Waals surface area contributed by atoms with Crippen LogP contribution in [-0.4, -0.2) is 26.0 Å². The van der Waals surface area contributed by atoms with Gasteiger partial charge in [0.05, 0.1) is 22.0 Å². The summed E-state index contributed by atoms with van der Waals surface area (Å²) in [7, 11) is -3.72. The molecule has 0 radical (unpaired) electrons. The first-order chi connectivity index (χ1) is 12.2. The van der Waals surface area contributed by atoms with Gasteiger partial charge in [0.15, 0.2) is 0 Å². The fourth-order valence-electron chi connectivity index (χ4n) is 2.60. The van der Waals surface area contributed by atoms with Crippen LogP contribution < -0.4 is 9.62 Å². The van der Waals surface area contributed by atoms with Gasteiger partial charge in [-0.05, 0) is 42.8 Å². The van der Waals surface area contributed by atoms with Crippen LogP contribution in [0.4, 0.5) is 11.4 Å². The van der Waals surface area contributed by atoms with Crippen LogP contribution in [0.2, 0.25) is 10.0 Å². The predicted molar refractivity (Wildman–Crippen MR) is 101 cm³/mol. The molecule has 0 unspecified atom stereocenters. The average Bonchev–Trinajstić information content (AvgIpc) is 2.85. The maximum atomic E-state index is 12.6. The first-order valence-electron chi connectivity index (χ1n) is 7.62. The molecule has 0 saturated carbocycles. The number of hydrogen-bond donors (Lipinski definition) is 1. The van der Waals surface area contributed by atoms with E-state index in [-0.39, 0.29) is 28.4 Å². The zero-order valence-electron chi connectivity index (χ0n) is 13.6. The lowest BCUT2D eigenvalue weighted by Crippen LogP contribution is -2.29. The monoisotopic (exact) mass is 412 g/mol. The number of rotatable bonds is 3. The highest BCUT2D eigenvalue weighted by atomic mass is 35.5. The van der Waals surface area contributed by atoms with Gasteiger partial charge in [0.25, 0.3) is 5.91 Å². The zero-order valence-corrected chi connectivity index (χ0v) is 16.0. The molecule has 0 spiro atoms. The van der Waals surface area contributed by atoms with Gasteiger partial charge >= 0.3 is 0 Å². The Hall–Kier alpha value is -2.09. The summed E-state index contributed by atoms with van der Waals surface area (Å²) in [6.07, 6.45) is -0.0891. The summed E-state index contributed by atoms with van der Waals surface area (Å²) < 4.78 is 24.9. The molecule has 1 saturated heterocycles. The van der Waals surface area contributed by atoms with E-state index in [4.69, 9.17) is 23.2 Å². The van der Waals surface area contributed by atoms with Gasteiger partial charge < -0.3 is 5.32 Å². The minimum Gasteiger partial charge on any atom is -0.322 e. The third-order valence-electron chi connectivity index (χ3n) is 3.96. The van der Waals surface area contributed by atoms with Crippen molar-refractivity contribution < 1.29 is 18.0 Å². The van der Waals surface area contributed by atoms with Gasteiger partial charge in [-0.2, -0.15) is 0 Å². The number of amides is 2. The first kappa shape index (κ1) is 18.7. The number of halogens is 2. The second-order valence-electron chi connectivity index (χ2n) is 5.80. The van der Waals surface area contributed by atoms with Crippen molar-refractivity contribution >= 4 is 56.4 Å². The molecule has 1 fully saturated rings. The molecule has 136 valence electrons. The van der Waals surface area contributed by atoms with E-state index in [0.29, 0.717) is 15.0 Å². The number of carbonyl (C=O) groups excluding carboxylic acids is 2. The van der Waals surface area contributed by atoms with Crippen molar-refractivity contribution in [3.63, 3.8) is 0 Å². The van der Waals surface area contributed by atoms with Gasteiger partial charge in [0.2, 0.25) is 15.9 Å². The molecule has 1 heterocycles. The van der Waals surface area contributed by atoms with Gasteiger partial charge in [-0.3, -0.25) is 9.59 Å². The first-order valence-corrected chi connectivity index (χ1v) is 9.98. The average molecular weight is 413 g/mol. The van der Waals surface area contributed by atoms with E-state index >= 15 is 0 Å². The molecule has 0 aliphatic carbocycles. The predicted octanol–water partition coefficient (Wildman–Crippen LogP) is 3.62. The molecule has 1 N–H and O–H groups in total. The molecule has 0 atom stereocenters. The summed E-state index contributed by atoms with van der Waals surface area (Å²) in [5.41, 5.74) is 1.45. The van der Waals surface area contributed by atoms with Crippen molar-refractivity contribution in [3.05, 3.63) is 57.6 Å². The van der Waals surface area contributed by atoms with Crippen molar-refractivity contribution in [1.82, 2.24) is 0 Å². The Morgan fingerprint density at radius 3 is 2.54 bits per heavy atom. The van der Waals surface area contributed by atoms with Crippen molar-refractivity contribution in [3.8, 4) is 0 Å². The molecule has 0 aromatic heterocycles. The summed E-state index contributed by atoms with van der Waals surface area (Å²) >= 11 is 12.1. The largest absolute Gasteiger partial charge is 0.322 e. The van der Waals surface area contributed by atoms with E-state index in [1.165, 1.54) is 18.2 Å². The maximum Gasteiger partial charge on any atom is 0.257 e. The Morgan fingerprint density at radius 1 is 1.15 bits per heavy atom. The lowest BCUT2D eigenvalue weighted by molar-refractivity contribution is -0.116. The Balaban J connectivity index is 1.96. The molecule has 2 amide bonds. The Kier molecular flexibility index (Phi) is 4.96. The number of nitrogens with zero attached hydrogens (tertiary/aromatic N) is 1. The normalized spacial score (nSPS) is 16.0. The smallest absolute Gasteiger partial charge is 0.257 e. The molecular weight excluding hydrogens is 399 g/mol. The molecular formula is C17H14Cl2N2O4S. The van der Waals surface area contributed by atoms with Crippen LogP contribution in [0, 0.1) is 6.92 Å². The zero-order chi connectivity index (χ0) is 19.1. The van der Waals surface area contributed by atoms with Crippen molar-refractivity contribution in [1.29, 1.82) is 0 Å². The van der Waals surface area contributed by atoms with E-state index < -0.39 is 21.8 Å². The van der Waals surface area contributed by atoms with Gasteiger partial charge in [-0.15, -0.1) is 0 Å². The van der Waals surface area contributed by atoms with E-state index in [9.17, 15) is 18.0 Å². The minimum atomic E-state index is -3.72. The lowest BCUT2D eigenvalue weighted by Gasteiger charge is -2.17. The number of sulfonamides is 1.